The standard InChI is InChI=1S/C23H20O5/c1-23(2)19(26-20(24)12-8-15-6-4-3-5-7-15)14-17-18(28-23)11-9-16-10-13-21(25)27-22(16)17/h3-13,19H,14H2,1-2H3/b12-8+. The van der Waals surface area contributed by atoms with Gasteiger partial charge in [-0.2, -0.15) is 0 Å². The van der Waals surface area contributed by atoms with Gasteiger partial charge in [-0.3, -0.25) is 0 Å². The Kier molecular flexibility index (Phi) is 4.51. The lowest BCUT2D eigenvalue weighted by molar-refractivity contribution is -0.155. The van der Waals surface area contributed by atoms with Gasteiger partial charge in [0, 0.05) is 29.5 Å². The Morgan fingerprint density at radius 3 is 2.64 bits per heavy atom. The van der Waals surface area contributed by atoms with Gasteiger partial charge in [0.25, 0.3) is 0 Å². The zero-order chi connectivity index (χ0) is 19.7. The largest absolute Gasteiger partial charge is 0.484 e. The number of ether oxygens (including phenoxy) is 2. The van der Waals surface area contributed by atoms with Gasteiger partial charge in [0.2, 0.25) is 0 Å². The van der Waals surface area contributed by atoms with E-state index < -0.39 is 23.3 Å². The monoisotopic (exact) mass is 376 g/mol. The number of carbonyl (C=O) groups excluding carboxylic acids is 1. The van der Waals surface area contributed by atoms with E-state index in [-0.39, 0.29) is 0 Å². The zero-order valence-corrected chi connectivity index (χ0v) is 15.7. The molecule has 0 saturated heterocycles. The molecule has 3 aromatic rings. The van der Waals surface area contributed by atoms with Crippen LogP contribution in [0.3, 0.4) is 0 Å². The van der Waals surface area contributed by atoms with E-state index in [4.69, 9.17) is 13.9 Å². The normalized spacial score (nSPS) is 17.9. The van der Waals surface area contributed by atoms with Crippen LogP contribution >= 0.6 is 0 Å². The third-order valence-corrected chi connectivity index (χ3v) is 4.86. The SMILES string of the molecule is CC1(C)Oc2ccc3ccc(=O)oc3c2CC1OC(=O)/C=C/c1ccccc1. The third-order valence-electron chi connectivity index (χ3n) is 4.86. The molecule has 4 rings (SSSR count). The summed E-state index contributed by atoms with van der Waals surface area (Å²) in [4.78, 5) is 24.0. The molecular formula is C23H20O5. The molecule has 0 N–H and O–H groups in total. The topological polar surface area (TPSA) is 65.7 Å². The summed E-state index contributed by atoms with van der Waals surface area (Å²) in [6, 6.07) is 16.3. The Morgan fingerprint density at radius 1 is 1.11 bits per heavy atom. The Bertz CT molecular complexity index is 1110. The first-order valence-corrected chi connectivity index (χ1v) is 9.11. The smallest absolute Gasteiger partial charge is 0.336 e. The van der Waals surface area contributed by atoms with Crippen molar-refractivity contribution in [3.8, 4) is 5.75 Å². The van der Waals surface area contributed by atoms with Gasteiger partial charge in [-0.25, -0.2) is 9.59 Å². The van der Waals surface area contributed by atoms with Crippen molar-refractivity contribution < 1.29 is 18.7 Å². The maximum absolute atomic E-state index is 12.4. The Labute approximate surface area is 162 Å². The fourth-order valence-electron chi connectivity index (χ4n) is 3.33. The van der Waals surface area contributed by atoms with E-state index in [0.717, 1.165) is 16.5 Å². The second-order valence-electron chi connectivity index (χ2n) is 7.29. The highest BCUT2D eigenvalue weighted by Crippen LogP contribution is 2.38. The molecule has 2 heterocycles. The molecule has 28 heavy (non-hydrogen) atoms. The van der Waals surface area contributed by atoms with Gasteiger partial charge in [0.05, 0.1) is 0 Å². The van der Waals surface area contributed by atoms with Gasteiger partial charge in [-0.1, -0.05) is 30.3 Å². The van der Waals surface area contributed by atoms with Crippen LogP contribution in [0.2, 0.25) is 0 Å². The van der Waals surface area contributed by atoms with Gasteiger partial charge in [0.1, 0.15) is 23.0 Å². The number of rotatable bonds is 3. The van der Waals surface area contributed by atoms with Crippen molar-refractivity contribution in [3.05, 3.63) is 82.2 Å². The zero-order valence-electron chi connectivity index (χ0n) is 15.7. The number of hydrogen-bond acceptors (Lipinski definition) is 5. The van der Waals surface area contributed by atoms with Crippen LogP contribution in [0.5, 0.6) is 5.75 Å². The molecule has 0 bridgehead atoms. The van der Waals surface area contributed by atoms with E-state index in [1.165, 1.54) is 12.1 Å². The van der Waals surface area contributed by atoms with Crippen LogP contribution in [0.1, 0.15) is 25.0 Å². The maximum atomic E-state index is 12.4. The predicted molar refractivity (Wildman–Crippen MR) is 106 cm³/mol. The molecule has 0 amide bonds. The second kappa shape index (κ2) is 7.00. The van der Waals surface area contributed by atoms with Gasteiger partial charge >= 0.3 is 11.6 Å². The molecule has 1 aliphatic heterocycles. The first-order chi connectivity index (χ1) is 13.4. The minimum absolute atomic E-state index is 0.400. The van der Waals surface area contributed by atoms with Crippen LogP contribution in [0.15, 0.2) is 69.9 Å². The molecular weight excluding hydrogens is 356 g/mol. The Hall–Kier alpha value is -3.34. The number of fused-ring (bicyclic) bond motifs is 3. The van der Waals surface area contributed by atoms with E-state index in [2.05, 4.69) is 0 Å². The summed E-state index contributed by atoms with van der Waals surface area (Å²) in [6.45, 7) is 3.75. The molecule has 0 saturated carbocycles. The van der Waals surface area contributed by atoms with E-state index in [9.17, 15) is 9.59 Å². The summed E-state index contributed by atoms with van der Waals surface area (Å²) in [7, 11) is 0. The van der Waals surface area contributed by atoms with E-state index in [1.54, 1.807) is 12.1 Å². The number of hydrogen-bond donors (Lipinski definition) is 0. The lowest BCUT2D eigenvalue weighted by Gasteiger charge is -2.39. The molecule has 1 aliphatic rings. The summed E-state index contributed by atoms with van der Waals surface area (Å²) in [5, 5.41) is 0.802. The fraction of sp³-hybridized carbons (Fsp3) is 0.217. The van der Waals surface area contributed by atoms with Gasteiger partial charge in [-0.15, -0.1) is 0 Å². The van der Waals surface area contributed by atoms with Gasteiger partial charge in [0.15, 0.2) is 0 Å². The Balaban J connectivity index is 1.60. The van der Waals surface area contributed by atoms with Crippen molar-refractivity contribution in [1.29, 1.82) is 0 Å². The minimum atomic E-state index is -0.716. The fourth-order valence-corrected chi connectivity index (χ4v) is 3.33. The summed E-state index contributed by atoms with van der Waals surface area (Å²) >= 11 is 0. The van der Waals surface area contributed by atoms with Crippen LogP contribution in [0, 0.1) is 0 Å². The highest BCUT2D eigenvalue weighted by Gasteiger charge is 2.40. The molecule has 5 heteroatoms. The first kappa shape index (κ1) is 18.0. The van der Waals surface area contributed by atoms with Crippen LogP contribution in [0.4, 0.5) is 0 Å². The summed E-state index contributed by atoms with van der Waals surface area (Å²) in [5.41, 5.74) is 0.981. The van der Waals surface area contributed by atoms with Crippen LogP contribution in [-0.2, 0) is 16.0 Å². The molecule has 5 nitrogen and oxygen atoms in total. The first-order valence-electron chi connectivity index (χ1n) is 9.11. The quantitative estimate of drug-likeness (QED) is 0.391. The average molecular weight is 376 g/mol. The molecule has 1 atom stereocenters. The van der Waals surface area contributed by atoms with E-state index in [1.807, 2.05) is 56.3 Å². The molecule has 2 aromatic carbocycles. The lowest BCUT2D eigenvalue weighted by atomic mass is 9.90. The minimum Gasteiger partial charge on any atom is -0.484 e. The third kappa shape index (κ3) is 3.56. The number of benzene rings is 2. The molecule has 0 fully saturated rings. The average Bonchev–Trinajstić information content (AvgIpc) is 2.67. The second-order valence-corrected chi connectivity index (χ2v) is 7.29. The van der Waals surface area contributed by atoms with Crippen molar-refractivity contribution in [3.63, 3.8) is 0 Å². The maximum Gasteiger partial charge on any atom is 0.336 e. The van der Waals surface area contributed by atoms with Crippen molar-refractivity contribution in [2.24, 2.45) is 0 Å². The molecule has 0 radical (unpaired) electrons. The molecule has 0 spiro atoms. The van der Waals surface area contributed by atoms with Crippen molar-refractivity contribution in [1.82, 2.24) is 0 Å². The van der Waals surface area contributed by atoms with Crippen LogP contribution < -0.4 is 10.4 Å². The Morgan fingerprint density at radius 2 is 1.86 bits per heavy atom. The molecule has 1 unspecified atom stereocenters. The van der Waals surface area contributed by atoms with E-state index >= 15 is 0 Å². The number of esters is 1. The summed E-state index contributed by atoms with van der Waals surface area (Å²) in [5.74, 6) is 0.189. The number of carbonyl (C=O) groups is 1. The van der Waals surface area contributed by atoms with Gasteiger partial charge < -0.3 is 13.9 Å². The highest BCUT2D eigenvalue weighted by molar-refractivity contribution is 5.87. The summed E-state index contributed by atoms with van der Waals surface area (Å²) in [6.07, 6.45) is 2.99. The highest BCUT2D eigenvalue weighted by atomic mass is 16.6. The van der Waals surface area contributed by atoms with E-state index in [0.29, 0.717) is 17.8 Å². The van der Waals surface area contributed by atoms with Gasteiger partial charge in [-0.05, 0) is 43.7 Å². The van der Waals surface area contributed by atoms with Crippen molar-refractivity contribution in [2.75, 3.05) is 0 Å². The van der Waals surface area contributed by atoms with Crippen LogP contribution in [0.25, 0.3) is 17.0 Å². The predicted octanol–water partition coefficient (Wildman–Crippen LogP) is 4.13. The molecule has 142 valence electrons. The van der Waals surface area contributed by atoms with Crippen molar-refractivity contribution >= 4 is 23.0 Å². The summed E-state index contributed by atoms with van der Waals surface area (Å²) < 4.78 is 17.2. The van der Waals surface area contributed by atoms with Crippen molar-refractivity contribution in [2.45, 2.75) is 32.0 Å². The molecule has 1 aromatic heterocycles. The molecule has 0 aliphatic carbocycles. The lowest BCUT2D eigenvalue weighted by Crippen LogP contribution is -2.48. The van der Waals surface area contributed by atoms with Crippen LogP contribution in [-0.4, -0.2) is 17.7 Å².